The summed E-state index contributed by atoms with van der Waals surface area (Å²) < 4.78 is 4.54. The van der Waals surface area contributed by atoms with E-state index in [0.717, 1.165) is 11.3 Å². The summed E-state index contributed by atoms with van der Waals surface area (Å²) in [7, 11) is 1.27. The molecule has 0 aliphatic carbocycles. The Balaban J connectivity index is 1.90. The van der Waals surface area contributed by atoms with Crippen LogP contribution in [0.1, 0.15) is 9.67 Å². The number of thioether (sulfide) groups is 1. The van der Waals surface area contributed by atoms with E-state index in [-0.39, 0.29) is 17.7 Å². The summed E-state index contributed by atoms with van der Waals surface area (Å²) in [5, 5.41) is 2.76. The largest absolute Gasteiger partial charge is 0.465 e. The van der Waals surface area contributed by atoms with Gasteiger partial charge in [0.2, 0.25) is 5.91 Å². The van der Waals surface area contributed by atoms with Gasteiger partial charge in [0.1, 0.15) is 11.4 Å². The minimum absolute atomic E-state index is 0.00102. The number of esters is 1. The monoisotopic (exact) mass is 301 g/mol. The number of nitrogens with zero attached hydrogens (tertiary/aromatic N) is 2. The van der Waals surface area contributed by atoms with Gasteiger partial charge in [-0.1, -0.05) is 23.1 Å². The molecule has 2 heterocycles. The van der Waals surface area contributed by atoms with Crippen LogP contribution in [0.25, 0.3) is 0 Å². The second-order valence-corrected chi connectivity index (χ2v) is 5.68. The number of carbonyl (C=O) groups excluding carboxylic acids is 3. The van der Waals surface area contributed by atoms with Crippen molar-refractivity contribution in [1.29, 1.82) is 0 Å². The van der Waals surface area contributed by atoms with E-state index in [1.54, 1.807) is 0 Å². The molecule has 1 aromatic rings. The summed E-state index contributed by atoms with van der Waals surface area (Å²) in [4.78, 5) is 39.9. The van der Waals surface area contributed by atoms with Crippen LogP contribution >= 0.6 is 23.1 Å². The predicted molar refractivity (Wildman–Crippen MR) is 71.5 cm³/mol. The highest BCUT2D eigenvalue weighted by molar-refractivity contribution is 8.13. The molecule has 0 spiro atoms. The summed E-state index contributed by atoms with van der Waals surface area (Å²) in [6.45, 7) is 0.571. The van der Waals surface area contributed by atoms with Gasteiger partial charge in [-0.05, 0) is 0 Å². The number of hydrogen-bond acceptors (Lipinski definition) is 7. The van der Waals surface area contributed by atoms with Crippen molar-refractivity contribution >= 4 is 45.3 Å². The van der Waals surface area contributed by atoms with Crippen molar-refractivity contribution in [3.05, 3.63) is 11.1 Å². The van der Waals surface area contributed by atoms with E-state index in [1.807, 2.05) is 0 Å². The van der Waals surface area contributed by atoms with Gasteiger partial charge in [0.15, 0.2) is 5.13 Å². The van der Waals surface area contributed by atoms with Gasteiger partial charge >= 0.3 is 5.97 Å². The summed E-state index contributed by atoms with van der Waals surface area (Å²) in [5.41, 5.74) is 0. The van der Waals surface area contributed by atoms with Crippen molar-refractivity contribution in [2.24, 2.45) is 0 Å². The number of nitrogens with one attached hydrogen (secondary N) is 1. The number of carbonyl (C=O) groups is 3. The van der Waals surface area contributed by atoms with Gasteiger partial charge in [-0.15, -0.1) is 0 Å². The fourth-order valence-corrected chi connectivity index (χ4v) is 3.00. The molecule has 1 aliphatic heterocycles. The number of rotatable bonds is 4. The third-order valence-corrected chi connectivity index (χ3v) is 4.10. The summed E-state index contributed by atoms with van der Waals surface area (Å²) in [5.74, 6) is -0.124. The van der Waals surface area contributed by atoms with Gasteiger partial charge in [-0.25, -0.2) is 9.78 Å². The third-order valence-electron chi connectivity index (χ3n) is 2.32. The second kappa shape index (κ2) is 6.02. The summed E-state index contributed by atoms with van der Waals surface area (Å²) in [6, 6.07) is 0. The first-order valence-corrected chi connectivity index (χ1v) is 7.16. The van der Waals surface area contributed by atoms with Gasteiger partial charge in [0.05, 0.1) is 13.3 Å². The van der Waals surface area contributed by atoms with E-state index in [0.29, 0.717) is 22.3 Å². The number of amides is 2. The molecular formula is C10H11N3O4S2. The van der Waals surface area contributed by atoms with Crippen LogP contribution in [0.2, 0.25) is 0 Å². The fraction of sp³-hybridized carbons (Fsp3) is 0.400. The van der Waals surface area contributed by atoms with Crippen LogP contribution in [-0.2, 0) is 9.53 Å². The molecule has 0 aromatic carbocycles. The van der Waals surface area contributed by atoms with Crippen molar-refractivity contribution in [3.8, 4) is 0 Å². The molecule has 1 aliphatic rings. The Morgan fingerprint density at radius 2 is 2.37 bits per heavy atom. The van der Waals surface area contributed by atoms with E-state index in [1.165, 1.54) is 30.0 Å². The van der Waals surface area contributed by atoms with E-state index >= 15 is 0 Å². The highest BCUT2D eigenvalue weighted by Crippen LogP contribution is 2.20. The Kier molecular flexibility index (Phi) is 4.38. The Labute approximate surface area is 117 Å². The number of thiazole rings is 1. The van der Waals surface area contributed by atoms with Gasteiger partial charge in [0.25, 0.3) is 5.24 Å². The molecule has 1 N–H and O–H groups in total. The molecule has 2 amide bonds. The molecule has 102 valence electrons. The molecule has 0 radical (unpaired) electrons. The fourth-order valence-electron chi connectivity index (χ4n) is 1.43. The van der Waals surface area contributed by atoms with Gasteiger partial charge in [-0.3, -0.25) is 9.59 Å². The predicted octanol–water partition coefficient (Wildman–Crippen LogP) is 1.04. The van der Waals surface area contributed by atoms with Crippen LogP contribution in [0.5, 0.6) is 0 Å². The number of aromatic nitrogens is 1. The van der Waals surface area contributed by atoms with Crippen molar-refractivity contribution in [2.45, 2.75) is 0 Å². The van der Waals surface area contributed by atoms with E-state index in [2.05, 4.69) is 15.0 Å². The van der Waals surface area contributed by atoms with Crippen molar-refractivity contribution in [3.63, 3.8) is 0 Å². The van der Waals surface area contributed by atoms with Crippen LogP contribution in [-0.4, -0.2) is 53.0 Å². The molecule has 9 heteroatoms. The lowest BCUT2D eigenvalue weighted by Gasteiger charge is -2.12. The molecule has 1 aromatic heterocycles. The third kappa shape index (κ3) is 3.44. The second-order valence-electron chi connectivity index (χ2n) is 3.61. The van der Waals surface area contributed by atoms with E-state index in [4.69, 9.17) is 0 Å². The first-order valence-electron chi connectivity index (χ1n) is 5.36. The number of methoxy groups -OCH3 is 1. The average Bonchev–Trinajstić information content (AvgIpc) is 2.99. The molecule has 0 bridgehead atoms. The molecule has 0 atom stereocenters. The van der Waals surface area contributed by atoms with Crippen LogP contribution in [0, 0.1) is 0 Å². The summed E-state index contributed by atoms with van der Waals surface area (Å²) >= 11 is 2.22. The Hall–Kier alpha value is -1.61. The maximum Gasteiger partial charge on any atom is 0.349 e. The van der Waals surface area contributed by atoms with Crippen LogP contribution in [0.15, 0.2) is 6.20 Å². The number of ether oxygens (including phenoxy) is 1. The van der Waals surface area contributed by atoms with Crippen molar-refractivity contribution in [1.82, 2.24) is 9.88 Å². The van der Waals surface area contributed by atoms with Crippen LogP contribution < -0.4 is 5.32 Å². The number of anilines is 1. The zero-order valence-electron chi connectivity index (χ0n) is 10.0. The minimum Gasteiger partial charge on any atom is -0.465 e. The molecular weight excluding hydrogens is 290 g/mol. The Bertz CT molecular complexity index is 517. The van der Waals surface area contributed by atoms with Gasteiger partial charge < -0.3 is 15.0 Å². The molecule has 1 saturated heterocycles. The Morgan fingerprint density at radius 1 is 1.58 bits per heavy atom. The Morgan fingerprint density at radius 3 is 3.00 bits per heavy atom. The SMILES string of the molecule is COC(=O)c1cnc(NC(=O)CN2CCSC2=O)s1. The van der Waals surface area contributed by atoms with Crippen LogP contribution in [0.4, 0.5) is 9.93 Å². The lowest BCUT2D eigenvalue weighted by Crippen LogP contribution is -2.33. The summed E-state index contributed by atoms with van der Waals surface area (Å²) in [6.07, 6.45) is 1.34. The number of hydrogen-bond donors (Lipinski definition) is 1. The lowest BCUT2D eigenvalue weighted by molar-refractivity contribution is -0.116. The molecule has 0 saturated carbocycles. The van der Waals surface area contributed by atoms with Crippen molar-refractivity contribution in [2.75, 3.05) is 31.3 Å². The topological polar surface area (TPSA) is 88.6 Å². The molecule has 2 rings (SSSR count). The maximum atomic E-state index is 11.7. The van der Waals surface area contributed by atoms with Crippen molar-refractivity contribution < 1.29 is 19.1 Å². The quantitative estimate of drug-likeness (QED) is 0.836. The standard InChI is InChI=1S/C10H11N3O4S2/c1-17-8(15)6-4-11-9(19-6)12-7(14)5-13-2-3-18-10(13)16/h4H,2-3,5H2,1H3,(H,11,12,14). The molecule has 1 fully saturated rings. The lowest BCUT2D eigenvalue weighted by atomic mass is 10.5. The molecule has 19 heavy (non-hydrogen) atoms. The average molecular weight is 301 g/mol. The van der Waals surface area contributed by atoms with Crippen LogP contribution in [0.3, 0.4) is 0 Å². The van der Waals surface area contributed by atoms with E-state index < -0.39 is 5.97 Å². The molecule has 0 unspecified atom stereocenters. The van der Waals surface area contributed by atoms with E-state index in [9.17, 15) is 14.4 Å². The normalized spacial score (nSPS) is 14.6. The van der Waals surface area contributed by atoms with Gasteiger partial charge in [-0.2, -0.15) is 0 Å². The van der Waals surface area contributed by atoms with Gasteiger partial charge in [0, 0.05) is 12.3 Å². The zero-order chi connectivity index (χ0) is 13.8. The smallest absolute Gasteiger partial charge is 0.349 e. The first kappa shape index (κ1) is 13.8. The highest BCUT2D eigenvalue weighted by Gasteiger charge is 2.23. The zero-order valence-corrected chi connectivity index (χ0v) is 11.7. The highest BCUT2D eigenvalue weighted by atomic mass is 32.2. The maximum absolute atomic E-state index is 11.7. The first-order chi connectivity index (χ1) is 9.10. The molecule has 7 nitrogen and oxygen atoms in total. The minimum atomic E-state index is -0.496.